The van der Waals surface area contributed by atoms with Crippen LogP contribution >= 0.6 is 0 Å². The zero-order chi connectivity index (χ0) is 18.6. The molecular weight excluding hydrogens is 351 g/mol. The van der Waals surface area contributed by atoms with Crippen molar-refractivity contribution in [3.05, 3.63) is 48.4 Å². The van der Waals surface area contributed by atoms with Gasteiger partial charge in [0.1, 0.15) is 18.2 Å². The first-order valence-electron chi connectivity index (χ1n) is 7.98. The average Bonchev–Trinajstić information content (AvgIpc) is 2.61. The molecule has 0 bridgehead atoms. The Balaban J connectivity index is 1.66. The minimum Gasteiger partial charge on any atom is -0.472 e. The van der Waals surface area contributed by atoms with Crippen LogP contribution in [0.5, 0.6) is 11.6 Å². The van der Waals surface area contributed by atoms with Gasteiger partial charge in [0.05, 0.1) is 6.54 Å². The lowest BCUT2D eigenvalue weighted by Gasteiger charge is -2.32. The summed E-state index contributed by atoms with van der Waals surface area (Å²) in [5.74, 6) is -0.373. The van der Waals surface area contributed by atoms with E-state index in [4.69, 9.17) is 4.74 Å². The molecule has 1 aliphatic heterocycles. The van der Waals surface area contributed by atoms with Gasteiger partial charge in [0, 0.05) is 24.4 Å². The van der Waals surface area contributed by atoms with Crippen LogP contribution < -0.4 is 9.47 Å². The van der Waals surface area contributed by atoms with Crippen LogP contribution in [0.1, 0.15) is 23.2 Å². The third kappa shape index (κ3) is 4.84. The van der Waals surface area contributed by atoms with Crippen molar-refractivity contribution in [2.24, 2.45) is 0 Å². The second kappa shape index (κ2) is 7.59. The number of benzene rings is 1. The zero-order valence-corrected chi connectivity index (χ0v) is 13.6. The van der Waals surface area contributed by atoms with E-state index in [0.717, 1.165) is 25.0 Å². The molecule has 1 atom stereocenters. The molecule has 1 saturated heterocycles. The molecule has 9 heteroatoms. The van der Waals surface area contributed by atoms with Crippen LogP contribution in [0.2, 0.25) is 0 Å². The molecule has 2 aromatic rings. The minimum absolute atomic E-state index is 0.134. The maximum Gasteiger partial charge on any atom is 0.573 e. The van der Waals surface area contributed by atoms with Gasteiger partial charge in [-0.25, -0.2) is 9.97 Å². The highest BCUT2D eigenvalue weighted by Gasteiger charge is 2.32. The second-order valence-corrected chi connectivity index (χ2v) is 5.76. The van der Waals surface area contributed by atoms with E-state index in [9.17, 15) is 18.0 Å². The number of hydrogen-bond donors (Lipinski definition) is 0. The monoisotopic (exact) mass is 367 g/mol. The summed E-state index contributed by atoms with van der Waals surface area (Å²) in [6.45, 7) is 0.833. The number of nitrogens with zero attached hydrogens (tertiary/aromatic N) is 3. The highest BCUT2D eigenvalue weighted by atomic mass is 19.4. The third-order valence-corrected chi connectivity index (χ3v) is 3.82. The summed E-state index contributed by atoms with van der Waals surface area (Å²) in [5, 5.41) is 0. The van der Waals surface area contributed by atoms with Gasteiger partial charge in [-0.05, 0) is 31.0 Å². The summed E-state index contributed by atoms with van der Waals surface area (Å²) in [4.78, 5) is 22.0. The molecule has 6 nitrogen and oxygen atoms in total. The van der Waals surface area contributed by atoms with Crippen LogP contribution in [-0.2, 0) is 0 Å². The Hall–Kier alpha value is -2.84. The van der Waals surface area contributed by atoms with Crippen molar-refractivity contribution in [2.75, 3.05) is 13.1 Å². The highest BCUT2D eigenvalue weighted by Crippen LogP contribution is 2.25. The predicted molar refractivity (Wildman–Crippen MR) is 84.7 cm³/mol. The van der Waals surface area contributed by atoms with E-state index in [1.54, 1.807) is 17.2 Å². The van der Waals surface area contributed by atoms with Crippen molar-refractivity contribution < 1.29 is 27.4 Å². The van der Waals surface area contributed by atoms with E-state index in [0.29, 0.717) is 19.0 Å². The molecule has 0 N–H and O–H groups in total. The molecule has 0 radical (unpaired) electrons. The van der Waals surface area contributed by atoms with Gasteiger partial charge in [0.2, 0.25) is 5.88 Å². The smallest absolute Gasteiger partial charge is 0.472 e. The van der Waals surface area contributed by atoms with Crippen molar-refractivity contribution in [3.8, 4) is 11.6 Å². The minimum atomic E-state index is -4.80. The Labute approximate surface area is 147 Å². The normalized spacial score (nSPS) is 17.7. The summed E-state index contributed by atoms with van der Waals surface area (Å²) in [5.41, 5.74) is 0.134. The number of ether oxygens (including phenoxy) is 2. The number of rotatable bonds is 4. The van der Waals surface area contributed by atoms with Gasteiger partial charge in [-0.2, -0.15) is 0 Å². The highest BCUT2D eigenvalue weighted by molar-refractivity contribution is 5.94. The molecule has 1 aliphatic rings. The quantitative estimate of drug-likeness (QED) is 0.831. The maximum absolute atomic E-state index is 12.6. The third-order valence-electron chi connectivity index (χ3n) is 3.82. The van der Waals surface area contributed by atoms with Crippen LogP contribution in [-0.4, -0.2) is 46.3 Å². The maximum atomic E-state index is 12.6. The van der Waals surface area contributed by atoms with Crippen LogP contribution in [0, 0.1) is 0 Å². The Morgan fingerprint density at radius 3 is 2.85 bits per heavy atom. The fourth-order valence-corrected chi connectivity index (χ4v) is 2.75. The molecule has 3 rings (SSSR count). The van der Waals surface area contributed by atoms with Crippen molar-refractivity contribution in [3.63, 3.8) is 0 Å². The molecule has 138 valence electrons. The molecule has 0 aliphatic carbocycles. The molecule has 1 amide bonds. The van der Waals surface area contributed by atoms with E-state index < -0.39 is 12.1 Å². The molecule has 1 aromatic carbocycles. The van der Waals surface area contributed by atoms with E-state index in [1.165, 1.54) is 18.5 Å². The number of carbonyl (C=O) groups excluding carboxylic acids is 1. The van der Waals surface area contributed by atoms with Gasteiger partial charge in [0.15, 0.2) is 0 Å². The number of amides is 1. The van der Waals surface area contributed by atoms with Gasteiger partial charge >= 0.3 is 6.36 Å². The second-order valence-electron chi connectivity index (χ2n) is 5.76. The molecule has 0 unspecified atom stereocenters. The van der Waals surface area contributed by atoms with Gasteiger partial charge in [-0.15, -0.1) is 13.2 Å². The SMILES string of the molecule is O=C(c1cccc(OC(F)(F)F)c1)N1CCC[C@@H](Oc2ccncn2)C1. The lowest BCUT2D eigenvalue weighted by Crippen LogP contribution is -2.44. The molecule has 1 aromatic heterocycles. The standard InChI is InChI=1S/C17H16F3N3O3/c18-17(19,20)26-13-4-1-3-12(9-13)16(24)23-8-2-5-14(10-23)25-15-6-7-21-11-22-15/h1,3-4,6-7,9,11,14H,2,5,8,10H2/t14-/m1/s1. The van der Waals surface area contributed by atoms with Gasteiger partial charge in [0.25, 0.3) is 5.91 Å². The van der Waals surface area contributed by atoms with Gasteiger partial charge in [-0.3, -0.25) is 4.79 Å². The topological polar surface area (TPSA) is 64.5 Å². The molecule has 2 heterocycles. The number of alkyl halides is 3. The van der Waals surface area contributed by atoms with E-state index in [1.807, 2.05) is 0 Å². The molecule has 0 spiro atoms. The Morgan fingerprint density at radius 2 is 2.12 bits per heavy atom. The van der Waals surface area contributed by atoms with E-state index in [-0.39, 0.29) is 17.6 Å². The molecule has 0 saturated carbocycles. The molecule has 1 fully saturated rings. The molecular formula is C17H16F3N3O3. The van der Waals surface area contributed by atoms with Gasteiger partial charge in [-0.1, -0.05) is 6.07 Å². The Kier molecular flexibility index (Phi) is 5.24. The van der Waals surface area contributed by atoms with E-state index in [2.05, 4.69) is 14.7 Å². The Bertz CT molecular complexity index is 756. The first-order chi connectivity index (χ1) is 12.4. The van der Waals surface area contributed by atoms with Crippen LogP contribution in [0.4, 0.5) is 13.2 Å². The fourth-order valence-electron chi connectivity index (χ4n) is 2.75. The Morgan fingerprint density at radius 1 is 1.27 bits per heavy atom. The van der Waals surface area contributed by atoms with E-state index >= 15 is 0 Å². The number of halogens is 3. The van der Waals surface area contributed by atoms with Crippen molar-refractivity contribution >= 4 is 5.91 Å². The number of aromatic nitrogens is 2. The lowest BCUT2D eigenvalue weighted by atomic mass is 10.1. The number of likely N-dealkylation sites (tertiary alicyclic amines) is 1. The van der Waals surface area contributed by atoms with Crippen LogP contribution in [0.25, 0.3) is 0 Å². The van der Waals surface area contributed by atoms with Crippen molar-refractivity contribution in [1.82, 2.24) is 14.9 Å². The van der Waals surface area contributed by atoms with Crippen LogP contribution in [0.15, 0.2) is 42.9 Å². The largest absolute Gasteiger partial charge is 0.573 e. The molecule has 26 heavy (non-hydrogen) atoms. The summed E-state index contributed by atoms with van der Waals surface area (Å²) in [6.07, 6.45) is -0.640. The van der Waals surface area contributed by atoms with Crippen LogP contribution in [0.3, 0.4) is 0 Å². The first-order valence-corrected chi connectivity index (χ1v) is 7.98. The number of piperidine rings is 1. The summed E-state index contributed by atoms with van der Waals surface area (Å²) in [6, 6.07) is 6.68. The zero-order valence-electron chi connectivity index (χ0n) is 13.6. The lowest BCUT2D eigenvalue weighted by molar-refractivity contribution is -0.274. The van der Waals surface area contributed by atoms with Gasteiger partial charge < -0.3 is 14.4 Å². The number of carbonyl (C=O) groups is 1. The summed E-state index contributed by atoms with van der Waals surface area (Å²) in [7, 11) is 0. The van der Waals surface area contributed by atoms with Crippen molar-refractivity contribution in [2.45, 2.75) is 25.3 Å². The summed E-state index contributed by atoms with van der Waals surface area (Å²) >= 11 is 0. The predicted octanol–water partition coefficient (Wildman–Crippen LogP) is 3.06. The van der Waals surface area contributed by atoms with Crippen molar-refractivity contribution in [1.29, 1.82) is 0 Å². The average molecular weight is 367 g/mol. The first kappa shape index (κ1) is 18.0. The summed E-state index contributed by atoms with van der Waals surface area (Å²) < 4.78 is 46.6. The number of hydrogen-bond acceptors (Lipinski definition) is 5. The fraction of sp³-hybridized carbons (Fsp3) is 0.353.